The van der Waals surface area contributed by atoms with Crippen LogP contribution < -0.4 is 10.6 Å². The van der Waals surface area contributed by atoms with E-state index in [0.29, 0.717) is 25.3 Å². The zero-order chi connectivity index (χ0) is 15.0. The van der Waals surface area contributed by atoms with E-state index in [4.69, 9.17) is 0 Å². The van der Waals surface area contributed by atoms with Gasteiger partial charge in [-0.25, -0.2) is 0 Å². The molecular weight excluding hydrogens is 256 g/mol. The Bertz CT molecular complexity index is 323. The maximum absolute atomic E-state index is 11.8. The fourth-order valence-corrected chi connectivity index (χ4v) is 2.69. The van der Waals surface area contributed by atoms with Gasteiger partial charge in [-0.2, -0.15) is 0 Å². The second-order valence-corrected chi connectivity index (χ2v) is 6.14. The number of hydrogen-bond donors (Lipinski definition) is 3. The van der Waals surface area contributed by atoms with Crippen molar-refractivity contribution < 1.29 is 14.7 Å². The van der Waals surface area contributed by atoms with E-state index in [9.17, 15) is 14.7 Å². The SMILES string of the molecule is CC(C)NCCCC(=O)NCC1(C(=O)O)CCCCC1. The first-order valence-electron chi connectivity index (χ1n) is 7.70. The van der Waals surface area contributed by atoms with Crippen LogP contribution >= 0.6 is 0 Å². The van der Waals surface area contributed by atoms with Gasteiger partial charge in [0.2, 0.25) is 5.91 Å². The molecule has 116 valence electrons. The summed E-state index contributed by atoms with van der Waals surface area (Å²) in [6.07, 6.45) is 5.58. The van der Waals surface area contributed by atoms with Crippen molar-refractivity contribution in [3.8, 4) is 0 Å². The lowest BCUT2D eigenvalue weighted by Crippen LogP contribution is -2.44. The number of carbonyl (C=O) groups is 2. The highest BCUT2D eigenvalue weighted by Gasteiger charge is 2.39. The van der Waals surface area contributed by atoms with Crippen LogP contribution in [0.4, 0.5) is 0 Å². The molecule has 0 aromatic rings. The molecule has 1 fully saturated rings. The topological polar surface area (TPSA) is 78.4 Å². The number of amides is 1. The van der Waals surface area contributed by atoms with Gasteiger partial charge >= 0.3 is 5.97 Å². The number of rotatable bonds is 8. The van der Waals surface area contributed by atoms with Gasteiger partial charge in [0, 0.05) is 19.0 Å². The van der Waals surface area contributed by atoms with Crippen LogP contribution in [-0.4, -0.2) is 36.1 Å². The molecule has 0 aromatic heterocycles. The third-order valence-corrected chi connectivity index (χ3v) is 4.02. The van der Waals surface area contributed by atoms with Crippen LogP contribution in [0.2, 0.25) is 0 Å². The van der Waals surface area contributed by atoms with Crippen LogP contribution in [0, 0.1) is 5.41 Å². The molecule has 0 bridgehead atoms. The maximum atomic E-state index is 11.8. The highest BCUT2D eigenvalue weighted by Crippen LogP contribution is 2.35. The molecule has 1 rings (SSSR count). The molecule has 1 saturated carbocycles. The van der Waals surface area contributed by atoms with Crippen molar-refractivity contribution in [3.05, 3.63) is 0 Å². The largest absolute Gasteiger partial charge is 0.481 e. The molecule has 5 nitrogen and oxygen atoms in total. The highest BCUT2D eigenvalue weighted by molar-refractivity contribution is 5.79. The highest BCUT2D eigenvalue weighted by atomic mass is 16.4. The number of carbonyl (C=O) groups excluding carboxylic acids is 1. The molecule has 1 aliphatic carbocycles. The Hall–Kier alpha value is -1.10. The van der Waals surface area contributed by atoms with Gasteiger partial charge in [-0.05, 0) is 25.8 Å². The molecule has 0 unspecified atom stereocenters. The van der Waals surface area contributed by atoms with Gasteiger partial charge < -0.3 is 15.7 Å². The van der Waals surface area contributed by atoms with E-state index in [0.717, 1.165) is 32.2 Å². The van der Waals surface area contributed by atoms with Crippen molar-refractivity contribution in [2.45, 2.75) is 64.8 Å². The van der Waals surface area contributed by atoms with Crippen molar-refractivity contribution >= 4 is 11.9 Å². The Balaban J connectivity index is 2.29. The van der Waals surface area contributed by atoms with E-state index < -0.39 is 11.4 Å². The third kappa shape index (κ3) is 5.49. The second kappa shape index (κ2) is 8.25. The van der Waals surface area contributed by atoms with Gasteiger partial charge in [0.1, 0.15) is 0 Å². The van der Waals surface area contributed by atoms with Crippen molar-refractivity contribution in [3.63, 3.8) is 0 Å². The first-order valence-corrected chi connectivity index (χ1v) is 7.70. The number of hydrogen-bond acceptors (Lipinski definition) is 3. The van der Waals surface area contributed by atoms with Gasteiger partial charge in [0.05, 0.1) is 5.41 Å². The van der Waals surface area contributed by atoms with Crippen LogP contribution in [-0.2, 0) is 9.59 Å². The summed E-state index contributed by atoms with van der Waals surface area (Å²) >= 11 is 0. The lowest BCUT2D eigenvalue weighted by Gasteiger charge is -2.33. The minimum Gasteiger partial charge on any atom is -0.481 e. The molecule has 0 heterocycles. The molecule has 1 amide bonds. The third-order valence-electron chi connectivity index (χ3n) is 4.02. The standard InChI is InChI=1S/C15H28N2O3/c1-12(2)16-10-6-7-13(18)17-11-15(14(19)20)8-4-3-5-9-15/h12,16H,3-11H2,1-2H3,(H,17,18)(H,19,20). The van der Waals surface area contributed by atoms with Gasteiger partial charge in [0.25, 0.3) is 0 Å². The van der Waals surface area contributed by atoms with Gasteiger partial charge in [-0.3, -0.25) is 9.59 Å². The molecule has 1 aliphatic rings. The summed E-state index contributed by atoms with van der Waals surface area (Å²) in [7, 11) is 0. The van der Waals surface area contributed by atoms with Crippen molar-refractivity contribution in [2.24, 2.45) is 5.41 Å². The minimum atomic E-state index is -0.765. The molecule has 3 N–H and O–H groups in total. The van der Waals surface area contributed by atoms with E-state index in [-0.39, 0.29) is 12.5 Å². The Kier molecular flexibility index (Phi) is 6.99. The summed E-state index contributed by atoms with van der Waals surface area (Å²) in [6.45, 7) is 5.23. The zero-order valence-corrected chi connectivity index (χ0v) is 12.7. The van der Waals surface area contributed by atoms with Crippen molar-refractivity contribution in [1.82, 2.24) is 10.6 Å². The molecule has 0 spiro atoms. The Labute approximate surface area is 121 Å². The molecule has 0 aliphatic heterocycles. The number of nitrogens with one attached hydrogen (secondary N) is 2. The van der Waals surface area contributed by atoms with E-state index in [1.807, 2.05) is 0 Å². The monoisotopic (exact) mass is 284 g/mol. The van der Waals surface area contributed by atoms with Gasteiger partial charge in [-0.1, -0.05) is 33.1 Å². The number of carboxylic acids is 1. The van der Waals surface area contributed by atoms with Gasteiger partial charge in [0.15, 0.2) is 0 Å². The van der Waals surface area contributed by atoms with Crippen LogP contribution in [0.3, 0.4) is 0 Å². The Morgan fingerprint density at radius 1 is 1.20 bits per heavy atom. The van der Waals surface area contributed by atoms with E-state index in [1.54, 1.807) is 0 Å². The normalized spacial score (nSPS) is 17.9. The number of aliphatic carboxylic acids is 1. The van der Waals surface area contributed by atoms with Crippen molar-refractivity contribution in [1.29, 1.82) is 0 Å². The minimum absolute atomic E-state index is 0.0400. The molecule has 0 atom stereocenters. The molecule has 5 heteroatoms. The Morgan fingerprint density at radius 2 is 1.85 bits per heavy atom. The molecule has 20 heavy (non-hydrogen) atoms. The predicted octanol–water partition coefficient (Wildman–Crippen LogP) is 1.92. The summed E-state index contributed by atoms with van der Waals surface area (Å²) < 4.78 is 0. The lowest BCUT2D eigenvalue weighted by atomic mass is 9.74. The van der Waals surface area contributed by atoms with E-state index >= 15 is 0 Å². The average molecular weight is 284 g/mol. The zero-order valence-electron chi connectivity index (χ0n) is 12.7. The van der Waals surface area contributed by atoms with Gasteiger partial charge in [-0.15, -0.1) is 0 Å². The average Bonchev–Trinajstić information content (AvgIpc) is 2.42. The van der Waals surface area contributed by atoms with Crippen LogP contribution in [0.25, 0.3) is 0 Å². The maximum Gasteiger partial charge on any atom is 0.311 e. The van der Waals surface area contributed by atoms with Crippen LogP contribution in [0.1, 0.15) is 58.8 Å². The first kappa shape index (κ1) is 17.0. The summed E-state index contributed by atoms with van der Waals surface area (Å²) in [6, 6.07) is 0.426. The lowest BCUT2D eigenvalue weighted by molar-refractivity contribution is -0.151. The Morgan fingerprint density at radius 3 is 2.40 bits per heavy atom. The fourth-order valence-electron chi connectivity index (χ4n) is 2.69. The molecule has 0 aromatic carbocycles. The summed E-state index contributed by atoms with van der Waals surface area (Å²) in [5, 5.41) is 15.5. The summed E-state index contributed by atoms with van der Waals surface area (Å²) in [5.41, 5.74) is -0.732. The van der Waals surface area contributed by atoms with Crippen LogP contribution in [0.5, 0.6) is 0 Å². The van der Waals surface area contributed by atoms with Crippen molar-refractivity contribution in [2.75, 3.05) is 13.1 Å². The molecule has 0 saturated heterocycles. The molecule has 0 radical (unpaired) electrons. The van der Waals surface area contributed by atoms with E-state index in [1.165, 1.54) is 0 Å². The quantitative estimate of drug-likeness (QED) is 0.595. The summed E-state index contributed by atoms with van der Waals surface area (Å²) in [4.78, 5) is 23.2. The van der Waals surface area contributed by atoms with E-state index in [2.05, 4.69) is 24.5 Å². The first-order chi connectivity index (χ1) is 9.46. The second-order valence-electron chi connectivity index (χ2n) is 6.14. The number of carboxylic acid groups (broad SMARTS) is 1. The molecular formula is C15H28N2O3. The van der Waals surface area contributed by atoms with Crippen LogP contribution in [0.15, 0.2) is 0 Å². The summed E-state index contributed by atoms with van der Waals surface area (Å²) in [5.74, 6) is -0.805. The smallest absolute Gasteiger partial charge is 0.311 e. The predicted molar refractivity (Wildman–Crippen MR) is 78.5 cm³/mol. The fraction of sp³-hybridized carbons (Fsp3) is 0.867.